The number of carboxylic acid groups (broad SMARTS) is 1. The van der Waals surface area contributed by atoms with Gasteiger partial charge in [0.2, 0.25) is 5.43 Å². The van der Waals surface area contributed by atoms with E-state index in [4.69, 9.17) is 0 Å². The first-order valence-corrected chi connectivity index (χ1v) is 10.6. The standard InChI is InChI=1S/C21H20FN3O3S.ClH/c1-23-15-3-2-4-16-11(15)8-17(29-16)18-14(22)7-12-19(26)13(21(27)28)9-25(10-5-6-10)20(12)24-18;/h7-10,15,23H,2-6H2,1H3,(H,27,28);1H. The zero-order valence-electron chi connectivity index (χ0n) is 16.3. The van der Waals surface area contributed by atoms with Gasteiger partial charge in [-0.1, -0.05) is 0 Å². The molecule has 3 heterocycles. The molecule has 3 aromatic heterocycles. The van der Waals surface area contributed by atoms with Gasteiger partial charge in [-0.25, -0.2) is 14.2 Å². The van der Waals surface area contributed by atoms with Crippen LogP contribution in [0.15, 0.2) is 23.1 Å². The van der Waals surface area contributed by atoms with Gasteiger partial charge in [-0.3, -0.25) is 4.79 Å². The summed E-state index contributed by atoms with van der Waals surface area (Å²) >= 11 is 1.55. The van der Waals surface area contributed by atoms with E-state index in [2.05, 4.69) is 10.3 Å². The number of pyridine rings is 2. The van der Waals surface area contributed by atoms with Gasteiger partial charge in [0.25, 0.3) is 0 Å². The zero-order chi connectivity index (χ0) is 20.3. The Bertz CT molecular complexity index is 1220. The highest BCUT2D eigenvalue weighted by Gasteiger charge is 2.29. The molecule has 0 aliphatic heterocycles. The molecule has 2 aliphatic carbocycles. The number of halogens is 2. The van der Waals surface area contributed by atoms with Crippen LogP contribution in [-0.4, -0.2) is 27.7 Å². The molecule has 5 rings (SSSR count). The van der Waals surface area contributed by atoms with Crippen LogP contribution in [-0.2, 0) is 6.42 Å². The Hall–Kier alpha value is -2.29. The molecule has 1 unspecified atom stereocenters. The lowest BCUT2D eigenvalue weighted by Gasteiger charge is -2.21. The summed E-state index contributed by atoms with van der Waals surface area (Å²) in [7, 11) is 1.93. The summed E-state index contributed by atoms with van der Waals surface area (Å²) < 4.78 is 16.8. The second-order valence-electron chi connectivity index (χ2n) is 7.73. The fourth-order valence-corrected chi connectivity index (χ4v) is 5.43. The van der Waals surface area contributed by atoms with E-state index < -0.39 is 17.2 Å². The second-order valence-corrected chi connectivity index (χ2v) is 8.86. The molecule has 3 aromatic rings. The molecule has 0 spiro atoms. The average molecular weight is 450 g/mol. The van der Waals surface area contributed by atoms with Crippen LogP contribution in [0.2, 0.25) is 0 Å². The number of aryl methyl sites for hydroxylation is 1. The smallest absolute Gasteiger partial charge is 0.341 e. The summed E-state index contributed by atoms with van der Waals surface area (Å²) in [5.74, 6) is -1.90. The van der Waals surface area contributed by atoms with Crippen molar-refractivity contribution in [2.24, 2.45) is 0 Å². The normalized spacial score (nSPS) is 18.1. The third-order valence-corrected chi connectivity index (χ3v) is 7.04. The van der Waals surface area contributed by atoms with E-state index in [1.54, 1.807) is 15.9 Å². The van der Waals surface area contributed by atoms with Crippen molar-refractivity contribution in [3.8, 4) is 10.6 Å². The number of aromatic carboxylic acids is 1. The number of fused-ring (bicyclic) bond motifs is 2. The summed E-state index contributed by atoms with van der Waals surface area (Å²) in [6.45, 7) is 0. The minimum Gasteiger partial charge on any atom is -0.477 e. The van der Waals surface area contributed by atoms with Crippen LogP contribution in [0, 0.1) is 5.82 Å². The van der Waals surface area contributed by atoms with Crippen LogP contribution < -0.4 is 10.7 Å². The van der Waals surface area contributed by atoms with Gasteiger partial charge in [0.1, 0.15) is 16.9 Å². The molecule has 6 nitrogen and oxygen atoms in total. The monoisotopic (exact) mass is 449 g/mol. The van der Waals surface area contributed by atoms with Crippen molar-refractivity contribution < 1.29 is 14.3 Å². The lowest BCUT2D eigenvalue weighted by atomic mass is 9.94. The molecular formula is C21H21ClFN3O3S. The molecule has 0 bridgehead atoms. The Morgan fingerprint density at radius 2 is 2.10 bits per heavy atom. The molecule has 0 aromatic carbocycles. The van der Waals surface area contributed by atoms with E-state index in [-0.39, 0.29) is 41.1 Å². The molecule has 1 fully saturated rings. The van der Waals surface area contributed by atoms with E-state index in [9.17, 15) is 14.7 Å². The first-order valence-electron chi connectivity index (χ1n) is 9.77. The summed E-state index contributed by atoms with van der Waals surface area (Å²) in [4.78, 5) is 30.6. The first-order chi connectivity index (χ1) is 14.0. The topological polar surface area (TPSA) is 84.2 Å². The van der Waals surface area contributed by atoms with Crippen molar-refractivity contribution >= 4 is 40.7 Å². The van der Waals surface area contributed by atoms with Gasteiger partial charge in [0, 0.05) is 23.2 Å². The van der Waals surface area contributed by atoms with Crippen LogP contribution in [0.5, 0.6) is 0 Å². The molecule has 0 radical (unpaired) electrons. The second kappa shape index (κ2) is 7.76. The Balaban J connectivity index is 0.00000218. The predicted octanol–water partition coefficient (Wildman–Crippen LogP) is 4.32. The van der Waals surface area contributed by atoms with Crippen LogP contribution in [0.25, 0.3) is 21.6 Å². The maximum absolute atomic E-state index is 15.0. The molecule has 1 atom stereocenters. The van der Waals surface area contributed by atoms with Crippen molar-refractivity contribution in [2.75, 3.05) is 7.05 Å². The molecular weight excluding hydrogens is 429 g/mol. The molecule has 0 saturated heterocycles. The van der Waals surface area contributed by atoms with Crippen LogP contribution in [0.3, 0.4) is 0 Å². The van der Waals surface area contributed by atoms with Gasteiger partial charge < -0.3 is 15.0 Å². The number of rotatable bonds is 4. The molecule has 0 amide bonds. The largest absolute Gasteiger partial charge is 0.477 e. The first kappa shape index (κ1) is 21.0. The maximum Gasteiger partial charge on any atom is 0.341 e. The highest BCUT2D eigenvalue weighted by atomic mass is 35.5. The maximum atomic E-state index is 15.0. The fourth-order valence-electron chi connectivity index (χ4n) is 4.18. The molecule has 9 heteroatoms. The van der Waals surface area contributed by atoms with Crippen LogP contribution in [0.1, 0.15) is 58.6 Å². The number of nitrogens with one attached hydrogen (secondary N) is 1. The van der Waals surface area contributed by atoms with Crippen molar-refractivity contribution in [3.63, 3.8) is 0 Å². The van der Waals surface area contributed by atoms with Gasteiger partial charge in [0.05, 0.1) is 10.3 Å². The molecule has 2 N–H and O–H groups in total. The highest BCUT2D eigenvalue weighted by Crippen LogP contribution is 2.41. The van der Waals surface area contributed by atoms with Crippen molar-refractivity contribution in [2.45, 2.75) is 44.2 Å². The van der Waals surface area contributed by atoms with Crippen molar-refractivity contribution in [1.82, 2.24) is 14.9 Å². The van der Waals surface area contributed by atoms with Gasteiger partial charge in [-0.2, -0.15) is 0 Å². The van der Waals surface area contributed by atoms with Crippen LogP contribution in [0.4, 0.5) is 4.39 Å². The minimum absolute atomic E-state index is 0. The Kier molecular flexibility index (Phi) is 5.42. The number of carbonyl (C=O) groups is 1. The van der Waals surface area contributed by atoms with E-state index >= 15 is 4.39 Å². The quantitative estimate of drug-likeness (QED) is 0.619. The number of hydrogen-bond acceptors (Lipinski definition) is 5. The zero-order valence-corrected chi connectivity index (χ0v) is 17.9. The van der Waals surface area contributed by atoms with Crippen molar-refractivity contribution in [1.29, 1.82) is 0 Å². The van der Waals surface area contributed by atoms with Gasteiger partial charge in [0.15, 0.2) is 5.82 Å². The SMILES string of the molecule is CNC1CCCc2sc(-c3nc4c(cc3F)c(=O)c(C(=O)O)cn4C3CC3)cc21.Cl. The number of nitrogens with zero attached hydrogens (tertiary/aromatic N) is 2. The molecule has 2 aliphatic rings. The summed E-state index contributed by atoms with van der Waals surface area (Å²) in [6, 6.07) is 3.52. The summed E-state index contributed by atoms with van der Waals surface area (Å²) in [6.07, 6.45) is 6.25. The predicted molar refractivity (Wildman–Crippen MR) is 116 cm³/mol. The van der Waals surface area contributed by atoms with E-state index in [1.807, 2.05) is 13.1 Å². The third kappa shape index (κ3) is 3.33. The summed E-state index contributed by atoms with van der Waals surface area (Å²) in [5.41, 5.74) is 0.741. The Morgan fingerprint density at radius 1 is 1.33 bits per heavy atom. The van der Waals surface area contributed by atoms with E-state index in [0.717, 1.165) is 43.0 Å². The molecule has 158 valence electrons. The van der Waals surface area contributed by atoms with Crippen molar-refractivity contribution in [3.05, 3.63) is 50.4 Å². The third-order valence-electron chi connectivity index (χ3n) is 5.82. The average Bonchev–Trinajstić information content (AvgIpc) is 3.45. The number of hydrogen-bond donors (Lipinski definition) is 2. The minimum atomic E-state index is -1.31. The molecule has 1 saturated carbocycles. The molecule has 30 heavy (non-hydrogen) atoms. The Morgan fingerprint density at radius 3 is 2.77 bits per heavy atom. The lowest BCUT2D eigenvalue weighted by Crippen LogP contribution is -2.20. The van der Waals surface area contributed by atoms with E-state index in [0.29, 0.717) is 5.65 Å². The number of aromatic nitrogens is 2. The van der Waals surface area contributed by atoms with E-state index in [1.165, 1.54) is 16.6 Å². The number of carboxylic acids is 1. The fraction of sp³-hybridized carbons (Fsp3) is 0.381. The number of thiophene rings is 1. The van der Waals surface area contributed by atoms with Crippen LogP contribution >= 0.6 is 23.7 Å². The lowest BCUT2D eigenvalue weighted by molar-refractivity contribution is 0.0695. The summed E-state index contributed by atoms with van der Waals surface area (Å²) in [5, 5.41) is 12.7. The van der Waals surface area contributed by atoms with Gasteiger partial charge in [-0.15, -0.1) is 23.7 Å². The Labute approximate surface area is 182 Å². The van der Waals surface area contributed by atoms with Gasteiger partial charge in [-0.05, 0) is 56.8 Å². The van der Waals surface area contributed by atoms with Gasteiger partial charge >= 0.3 is 5.97 Å². The highest BCUT2D eigenvalue weighted by molar-refractivity contribution is 7.15.